The number of nitrogens with zero attached hydrogens (tertiary/aromatic N) is 4. The summed E-state index contributed by atoms with van der Waals surface area (Å²) in [5, 5.41) is 5.29. The molecule has 5 heterocycles. The number of rotatable bonds is 7. The Bertz CT molecular complexity index is 2000. The first kappa shape index (κ1) is 37.4. The van der Waals surface area contributed by atoms with Crippen molar-refractivity contribution in [2.75, 3.05) is 26.2 Å². The Morgan fingerprint density at radius 1 is 1.05 bits per heavy atom. The van der Waals surface area contributed by atoms with E-state index in [2.05, 4.69) is 26.9 Å². The molecule has 3 aliphatic heterocycles. The molecule has 0 spiro atoms. The Hall–Kier alpha value is -4.57. The number of sulfonamides is 1. The molecule has 2 aromatic rings. The van der Waals surface area contributed by atoms with E-state index in [4.69, 9.17) is 14.5 Å². The van der Waals surface area contributed by atoms with Crippen LogP contribution in [0.2, 0.25) is 0 Å². The van der Waals surface area contributed by atoms with Crippen LogP contribution in [-0.4, -0.2) is 113 Å². The van der Waals surface area contributed by atoms with Gasteiger partial charge in [-0.05, 0) is 75.5 Å². The number of carbonyl (C=O) groups is 4. The number of aromatic nitrogens is 2. The molecule has 2 saturated heterocycles. The van der Waals surface area contributed by atoms with Crippen LogP contribution in [0.1, 0.15) is 76.2 Å². The highest BCUT2D eigenvalue weighted by atomic mass is 32.2. The number of carbonyl (C=O) groups excluding carboxylic acids is 4. The zero-order chi connectivity index (χ0) is 38.3. The number of nitrogens with one attached hydrogen (secondary N) is 3. The highest BCUT2D eigenvalue weighted by Gasteiger charge is 2.62. The van der Waals surface area contributed by atoms with E-state index < -0.39 is 62.6 Å². The number of amides is 5. The molecule has 15 nitrogen and oxygen atoms in total. The van der Waals surface area contributed by atoms with Crippen molar-refractivity contribution >= 4 is 50.9 Å². The second-order valence-corrected chi connectivity index (χ2v) is 17.8. The van der Waals surface area contributed by atoms with Gasteiger partial charge in [-0.15, -0.1) is 6.58 Å². The summed E-state index contributed by atoms with van der Waals surface area (Å²) in [4.78, 5) is 69.1. The number of ether oxygens (including phenoxy) is 2. The Morgan fingerprint density at radius 2 is 1.87 bits per heavy atom. The van der Waals surface area contributed by atoms with Gasteiger partial charge in [0.25, 0.3) is 5.91 Å². The fourth-order valence-corrected chi connectivity index (χ4v) is 9.91. The molecule has 3 saturated carbocycles. The van der Waals surface area contributed by atoms with Gasteiger partial charge >= 0.3 is 6.03 Å². The normalized spacial score (nSPS) is 31.0. The summed E-state index contributed by atoms with van der Waals surface area (Å²) in [6.45, 7) is 5.29. The van der Waals surface area contributed by atoms with Gasteiger partial charge in [0.2, 0.25) is 27.7 Å². The van der Waals surface area contributed by atoms with Gasteiger partial charge in [-0.25, -0.2) is 18.2 Å². The first-order valence-corrected chi connectivity index (χ1v) is 21.2. The van der Waals surface area contributed by atoms with Crippen LogP contribution >= 0.6 is 0 Å². The van der Waals surface area contributed by atoms with Gasteiger partial charge in [-0.1, -0.05) is 31.1 Å². The highest BCUT2D eigenvalue weighted by molar-refractivity contribution is 7.91. The van der Waals surface area contributed by atoms with E-state index in [-0.39, 0.29) is 37.4 Å². The predicted molar refractivity (Wildman–Crippen MR) is 202 cm³/mol. The van der Waals surface area contributed by atoms with E-state index in [1.54, 1.807) is 17.2 Å². The maximum absolute atomic E-state index is 14.8. The average Bonchev–Trinajstić information content (AvgIpc) is 3.94. The van der Waals surface area contributed by atoms with Crippen molar-refractivity contribution in [3.63, 3.8) is 0 Å². The second kappa shape index (κ2) is 15.2. The molecular formula is C39H49N7O8S. The fraction of sp³-hybridized carbons (Fsp3) is 0.590. The third kappa shape index (κ3) is 7.80. The summed E-state index contributed by atoms with van der Waals surface area (Å²) in [5.41, 5.74) is 0.468. The Morgan fingerprint density at radius 3 is 2.64 bits per heavy atom. The first-order valence-electron chi connectivity index (χ1n) is 19.6. The molecular weight excluding hydrogens is 727 g/mol. The summed E-state index contributed by atoms with van der Waals surface area (Å²) in [6, 6.07) is 3.19. The molecule has 16 heteroatoms. The number of hydrogen-bond donors (Lipinski definition) is 3. The molecule has 5 fully saturated rings. The van der Waals surface area contributed by atoms with Crippen LogP contribution in [-0.2, 0) is 29.1 Å². The van der Waals surface area contributed by atoms with Crippen molar-refractivity contribution in [3.8, 4) is 5.88 Å². The lowest BCUT2D eigenvalue weighted by atomic mass is 9.96. The molecule has 294 valence electrons. The zero-order valence-electron chi connectivity index (χ0n) is 30.9. The van der Waals surface area contributed by atoms with Crippen LogP contribution in [0.25, 0.3) is 17.1 Å². The van der Waals surface area contributed by atoms with E-state index in [0.717, 1.165) is 38.5 Å². The van der Waals surface area contributed by atoms with Gasteiger partial charge in [-0.3, -0.25) is 24.1 Å². The summed E-state index contributed by atoms with van der Waals surface area (Å²) < 4.78 is 40.5. The van der Waals surface area contributed by atoms with Gasteiger partial charge in [0.15, 0.2) is 0 Å². The molecule has 6 aliphatic rings. The first-order chi connectivity index (χ1) is 26.5. The summed E-state index contributed by atoms with van der Waals surface area (Å²) in [7, 11) is -3.89. The van der Waals surface area contributed by atoms with Crippen LogP contribution < -0.4 is 20.1 Å². The van der Waals surface area contributed by atoms with Gasteiger partial charge in [0, 0.05) is 43.8 Å². The molecule has 0 unspecified atom stereocenters. The summed E-state index contributed by atoms with van der Waals surface area (Å²) in [5.74, 6) is -2.14. The van der Waals surface area contributed by atoms with Crippen molar-refractivity contribution < 1.29 is 37.1 Å². The minimum absolute atomic E-state index is 0.0195. The van der Waals surface area contributed by atoms with Crippen molar-refractivity contribution in [2.24, 2.45) is 11.8 Å². The number of hydrogen-bond acceptors (Lipinski definition) is 10. The van der Waals surface area contributed by atoms with E-state index in [1.807, 2.05) is 24.3 Å². The van der Waals surface area contributed by atoms with Gasteiger partial charge in [0.05, 0.1) is 28.9 Å². The standard InChI is InChI=1S/C39H49N7O8S/c1-2-26-21-39(26,37(49)44-55(51,52)29-13-14-29)43-34(47)32-20-28-23-46(32)36(48)33(24-9-5-6-10-24)42-38(50)45-17-15-27(22-45)53-18-7-3-4-11-25-19-31-30(12-8-16-40-31)41-35(25)54-28/h2,4,8,11-12,16,19,24,26-29,32-33H,1,3,5-7,9-10,13-15,17-18,20-23H2,(H,42,50)(H,43,47)(H,44,49)/b11-4+/t26-,27+,28-,32+,33+,39-/m1/s1. The van der Waals surface area contributed by atoms with Gasteiger partial charge in [-0.2, -0.15) is 0 Å². The molecule has 6 atom stereocenters. The topological polar surface area (TPSA) is 189 Å². The maximum Gasteiger partial charge on any atom is 0.318 e. The summed E-state index contributed by atoms with van der Waals surface area (Å²) >= 11 is 0. The maximum atomic E-state index is 14.8. The Balaban J connectivity index is 1.12. The highest BCUT2D eigenvalue weighted by Crippen LogP contribution is 2.45. The van der Waals surface area contributed by atoms with Crippen molar-refractivity contribution in [2.45, 2.75) is 106 Å². The Labute approximate surface area is 320 Å². The molecule has 3 N–H and O–H groups in total. The van der Waals surface area contributed by atoms with Gasteiger partial charge in [0.1, 0.15) is 23.7 Å². The van der Waals surface area contributed by atoms with Crippen LogP contribution in [0, 0.1) is 11.8 Å². The molecule has 3 aliphatic carbocycles. The van der Waals surface area contributed by atoms with E-state index in [1.165, 1.54) is 11.0 Å². The van der Waals surface area contributed by atoms with Crippen LogP contribution in [0.5, 0.6) is 5.88 Å². The Kier molecular flexibility index (Phi) is 10.3. The third-order valence-corrected chi connectivity index (χ3v) is 13.8. The number of urea groups is 1. The lowest BCUT2D eigenvalue weighted by molar-refractivity contribution is -0.142. The quantitative estimate of drug-likeness (QED) is 0.353. The molecule has 55 heavy (non-hydrogen) atoms. The van der Waals surface area contributed by atoms with E-state index >= 15 is 0 Å². The molecule has 4 bridgehead atoms. The average molecular weight is 776 g/mol. The minimum atomic E-state index is -3.89. The van der Waals surface area contributed by atoms with Gasteiger partial charge < -0.3 is 29.9 Å². The smallest absolute Gasteiger partial charge is 0.318 e. The van der Waals surface area contributed by atoms with Crippen molar-refractivity contribution in [1.82, 2.24) is 35.1 Å². The molecule has 8 rings (SSSR count). The second-order valence-electron chi connectivity index (χ2n) is 15.8. The molecule has 0 aromatic carbocycles. The van der Waals surface area contributed by atoms with Crippen LogP contribution in [0.3, 0.4) is 0 Å². The van der Waals surface area contributed by atoms with Crippen molar-refractivity contribution in [3.05, 3.63) is 48.7 Å². The minimum Gasteiger partial charge on any atom is -0.472 e. The number of fused-ring (bicyclic) bond motifs is 6. The summed E-state index contributed by atoms with van der Waals surface area (Å²) in [6.07, 6.45) is 13.1. The van der Waals surface area contributed by atoms with E-state index in [9.17, 15) is 27.6 Å². The van der Waals surface area contributed by atoms with Crippen molar-refractivity contribution in [1.29, 1.82) is 0 Å². The lowest BCUT2D eigenvalue weighted by Crippen LogP contribution is -2.59. The zero-order valence-corrected chi connectivity index (χ0v) is 31.7. The number of allylic oxidation sites excluding steroid dienone is 1. The SMILES string of the molecule is C=C[C@@H]1C[C@]1(NC(=O)[C@@H]1C[C@@H]2CN1C(=O)[C@H](C1CCCC1)NC(=O)N1CC[C@@H](C1)OCCC/C=C/c1cc3ncccc3nc1O2)C(=O)NS(=O)(=O)C1CC1. The molecule has 0 radical (unpaired) electrons. The van der Waals surface area contributed by atoms with Crippen LogP contribution in [0.4, 0.5) is 4.79 Å². The number of pyridine rings is 2. The molecule has 2 aromatic heterocycles. The molecule has 5 amide bonds. The van der Waals surface area contributed by atoms with Crippen LogP contribution in [0.15, 0.2) is 43.1 Å². The van der Waals surface area contributed by atoms with E-state index in [0.29, 0.717) is 61.4 Å². The monoisotopic (exact) mass is 775 g/mol. The third-order valence-electron chi connectivity index (χ3n) is 12.0. The fourth-order valence-electron chi connectivity index (χ4n) is 8.55. The largest absolute Gasteiger partial charge is 0.472 e. The lowest BCUT2D eigenvalue weighted by Gasteiger charge is -2.33. The predicted octanol–water partition coefficient (Wildman–Crippen LogP) is 2.81.